The Hall–Kier alpha value is -3.84. The number of rotatable bonds is 4. The summed E-state index contributed by atoms with van der Waals surface area (Å²) in [7, 11) is 0. The lowest BCUT2D eigenvalue weighted by Gasteiger charge is -2.31. The number of alkyl halides is 6. The Balaban J connectivity index is 2.08. The van der Waals surface area contributed by atoms with Crippen LogP contribution >= 0.6 is 0 Å². The molecule has 2 atom stereocenters. The van der Waals surface area contributed by atoms with Crippen molar-refractivity contribution in [3.05, 3.63) is 57.9 Å². The van der Waals surface area contributed by atoms with E-state index in [4.69, 9.17) is 0 Å². The normalized spacial score (nSPS) is 21.4. The van der Waals surface area contributed by atoms with Crippen LogP contribution in [-0.4, -0.2) is 36.0 Å². The summed E-state index contributed by atoms with van der Waals surface area (Å²) in [6, 6.07) is -0.768. The van der Waals surface area contributed by atoms with Gasteiger partial charge in [0.15, 0.2) is 11.6 Å². The fraction of sp³-hybridized carbons (Fsp3) is 0.300. The van der Waals surface area contributed by atoms with Gasteiger partial charge in [0, 0.05) is 0 Å². The van der Waals surface area contributed by atoms with Gasteiger partial charge in [0.25, 0.3) is 0 Å². The van der Waals surface area contributed by atoms with Crippen LogP contribution in [0, 0.1) is 0 Å². The van der Waals surface area contributed by atoms with Crippen LogP contribution in [0.25, 0.3) is 0 Å². The number of carbonyl (C=O) groups excluding carboxylic acids is 4. The summed E-state index contributed by atoms with van der Waals surface area (Å²) < 4.78 is 80.3. The predicted octanol–water partition coefficient (Wildman–Crippen LogP) is 3.21. The van der Waals surface area contributed by atoms with Crippen LogP contribution in [0.2, 0.25) is 0 Å². The lowest BCUT2D eigenvalue weighted by atomic mass is 9.89. The summed E-state index contributed by atoms with van der Waals surface area (Å²) in [5.74, 6) is -1.95. The number of hydrogen-bond donors (Lipinski definition) is 4. The molecule has 0 radical (unpaired) electrons. The summed E-state index contributed by atoms with van der Waals surface area (Å²) >= 11 is 0. The van der Waals surface area contributed by atoms with Crippen LogP contribution in [0.15, 0.2) is 46.8 Å². The minimum absolute atomic E-state index is 0.00945. The van der Waals surface area contributed by atoms with E-state index in [1.807, 2.05) is 0 Å². The molecular weight excluding hydrogens is 474 g/mol. The smallest absolute Gasteiger partial charge is 0.327 e. The van der Waals surface area contributed by atoms with Crippen molar-refractivity contribution in [1.82, 2.24) is 21.3 Å². The summed E-state index contributed by atoms with van der Waals surface area (Å²) in [6.45, 7) is 1.77. The third kappa shape index (κ3) is 4.75. The van der Waals surface area contributed by atoms with Crippen LogP contribution in [-0.2, 0) is 9.59 Å². The number of benzene rings is 1. The second-order valence-corrected chi connectivity index (χ2v) is 7.41. The summed E-state index contributed by atoms with van der Waals surface area (Å²) in [5, 5.41) is 7.55. The molecule has 34 heavy (non-hydrogen) atoms. The Kier molecular flexibility index (Phi) is 6.20. The Morgan fingerprint density at radius 1 is 0.676 bits per heavy atom. The molecule has 0 aliphatic carbocycles. The molecule has 8 nitrogen and oxygen atoms in total. The van der Waals surface area contributed by atoms with E-state index in [0.29, 0.717) is 0 Å². The number of urea groups is 2. The van der Waals surface area contributed by atoms with Crippen molar-refractivity contribution in [2.24, 2.45) is 0 Å². The summed E-state index contributed by atoms with van der Waals surface area (Å²) in [4.78, 5) is 47.6. The lowest BCUT2D eigenvalue weighted by molar-refractivity contribution is -0.117. The van der Waals surface area contributed by atoms with Crippen LogP contribution in [0.5, 0.6) is 0 Å². The van der Waals surface area contributed by atoms with Gasteiger partial charge in [0.1, 0.15) is 11.4 Å². The highest BCUT2D eigenvalue weighted by atomic mass is 19.4. The van der Waals surface area contributed by atoms with E-state index in [9.17, 15) is 45.5 Å². The Bertz CT molecular complexity index is 1050. The highest BCUT2D eigenvalue weighted by Gasteiger charge is 2.45. The number of nitrogens with one attached hydrogen (secondary N) is 4. The predicted molar refractivity (Wildman–Crippen MR) is 103 cm³/mol. The molecule has 0 aromatic heterocycles. The van der Waals surface area contributed by atoms with Gasteiger partial charge >= 0.3 is 24.4 Å². The number of allylic oxidation sites excluding steroid dienone is 2. The Morgan fingerprint density at radius 3 is 1.21 bits per heavy atom. The largest absolute Gasteiger partial charge is 0.431 e. The first-order valence-electron chi connectivity index (χ1n) is 9.50. The van der Waals surface area contributed by atoms with Crippen molar-refractivity contribution in [2.75, 3.05) is 0 Å². The topological polar surface area (TPSA) is 116 Å². The molecule has 0 spiro atoms. The van der Waals surface area contributed by atoms with E-state index in [1.54, 1.807) is 10.6 Å². The van der Waals surface area contributed by atoms with E-state index >= 15 is 0 Å². The van der Waals surface area contributed by atoms with Gasteiger partial charge in [-0.25, -0.2) is 9.59 Å². The van der Waals surface area contributed by atoms with Crippen molar-refractivity contribution >= 4 is 23.6 Å². The van der Waals surface area contributed by atoms with Crippen molar-refractivity contribution in [3.63, 3.8) is 0 Å². The quantitative estimate of drug-likeness (QED) is 0.485. The molecular formula is C20H16F6N4O4. The van der Waals surface area contributed by atoms with Gasteiger partial charge in [0.05, 0.1) is 23.2 Å². The third-order valence-electron chi connectivity index (χ3n) is 5.07. The zero-order valence-corrected chi connectivity index (χ0v) is 17.4. The van der Waals surface area contributed by atoms with E-state index in [0.717, 1.165) is 13.8 Å². The fourth-order valence-electron chi connectivity index (χ4n) is 3.72. The zero-order chi connectivity index (χ0) is 25.6. The third-order valence-corrected chi connectivity index (χ3v) is 5.07. The number of halogens is 6. The molecule has 182 valence electrons. The van der Waals surface area contributed by atoms with E-state index in [-0.39, 0.29) is 11.1 Å². The van der Waals surface area contributed by atoms with Gasteiger partial charge in [0.2, 0.25) is 0 Å². The molecule has 1 aromatic carbocycles. The molecule has 14 heteroatoms. The second-order valence-electron chi connectivity index (χ2n) is 7.41. The van der Waals surface area contributed by atoms with Crippen LogP contribution in [0.1, 0.15) is 37.1 Å². The number of hydrogen-bond acceptors (Lipinski definition) is 4. The van der Waals surface area contributed by atoms with E-state index in [1.165, 1.54) is 24.3 Å². The van der Waals surface area contributed by atoms with Gasteiger partial charge in [-0.05, 0) is 25.0 Å². The number of carbonyl (C=O) groups is 4. The molecule has 1 aromatic rings. The number of ketones is 2. The number of Topliss-reactive ketones (excluding diaryl/α,β-unsaturated/α-hetero) is 2. The molecule has 0 saturated carbocycles. The minimum atomic E-state index is -5.04. The molecule has 2 heterocycles. The summed E-state index contributed by atoms with van der Waals surface area (Å²) in [5.41, 5.74) is -4.57. The molecule has 0 bridgehead atoms. The van der Waals surface area contributed by atoms with Gasteiger partial charge in [-0.3, -0.25) is 9.59 Å². The maximum Gasteiger partial charge on any atom is 0.431 e. The average molecular weight is 490 g/mol. The lowest BCUT2D eigenvalue weighted by Crippen LogP contribution is -2.49. The summed E-state index contributed by atoms with van der Waals surface area (Å²) in [6.07, 6.45) is -10.1. The highest BCUT2D eigenvalue weighted by molar-refractivity contribution is 5.99. The second kappa shape index (κ2) is 8.50. The van der Waals surface area contributed by atoms with Crippen molar-refractivity contribution < 1.29 is 45.5 Å². The number of amides is 4. The van der Waals surface area contributed by atoms with Gasteiger partial charge < -0.3 is 21.3 Å². The van der Waals surface area contributed by atoms with Crippen LogP contribution in [0.3, 0.4) is 0 Å². The standard InChI is InChI=1S/C20H16F6N4O4/c1-7(31)11-13(27-17(33)29-15(11)19(21,22)23)9-3-5-10(6-4-9)14-12(8(2)32)16(20(24,25)26)30-18(34)28-14/h3-6,13-14H,1-2H3,(H2,27,29,33)(H2,28,30,34). The van der Waals surface area contributed by atoms with Gasteiger partial charge in [-0.15, -0.1) is 0 Å². The van der Waals surface area contributed by atoms with Gasteiger partial charge in [-0.2, -0.15) is 26.3 Å². The molecule has 0 fully saturated rings. The van der Waals surface area contributed by atoms with Crippen LogP contribution < -0.4 is 21.3 Å². The maximum atomic E-state index is 13.4. The zero-order valence-electron chi connectivity index (χ0n) is 17.4. The fourth-order valence-corrected chi connectivity index (χ4v) is 3.72. The first-order chi connectivity index (χ1) is 15.6. The molecule has 0 saturated heterocycles. The molecule has 2 aliphatic rings. The molecule has 3 rings (SSSR count). The molecule has 2 aliphatic heterocycles. The SMILES string of the molecule is CC(=O)C1=C(C(F)(F)F)NC(=O)NC1c1ccc(C2NC(=O)NC(C(F)(F)F)=C2C(C)=O)cc1. The van der Waals surface area contributed by atoms with E-state index < -0.39 is 70.6 Å². The Morgan fingerprint density at radius 2 is 0.971 bits per heavy atom. The minimum Gasteiger partial charge on any atom is -0.327 e. The average Bonchev–Trinajstić information content (AvgIpc) is 2.70. The van der Waals surface area contributed by atoms with E-state index in [2.05, 4.69) is 10.6 Å². The maximum absolute atomic E-state index is 13.4. The Labute approximate surface area is 187 Å². The first-order valence-corrected chi connectivity index (χ1v) is 9.50. The molecule has 4 N–H and O–H groups in total. The highest BCUT2D eigenvalue weighted by Crippen LogP contribution is 2.38. The van der Waals surface area contributed by atoms with Gasteiger partial charge in [-0.1, -0.05) is 24.3 Å². The first kappa shape index (κ1) is 24.8. The molecule has 4 amide bonds. The van der Waals surface area contributed by atoms with Crippen molar-refractivity contribution in [3.8, 4) is 0 Å². The van der Waals surface area contributed by atoms with Crippen molar-refractivity contribution in [2.45, 2.75) is 38.3 Å². The molecule has 2 unspecified atom stereocenters. The van der Waals surface area contributed by atoms with Crippen molar-refractivity contribution in [1.29, 1.82) is 0 Å². The monoisotopic (exact) mass is 490 g/mol. The van der Waals surface area contributed by atoms with Crippen LogP contribution in [0.4, 0.5) is 35.9 Å².